The molecule has 1 N–H and O–H groups in total. The minimum absolute atomic E-state index is 0.0794. The fourth-order valence-corrected chi connectivity index (χ4v) is 3.83. The molecule has 128 valence electrons. The second-order valence-electron chi connectivity index (χ2n) is 6.19. The number of rotatable bonds is 5. The van der Waals surface area contributed by atoms with Crippen molar-refractivity contribution < 1.29 is 13.2 Å². The van der Waals surface area contributed by atoms with Crippen molar-refractivity contribution in [3.63, 3.8) is 0 Å². The normalized spacial score (nSPS) is 19.7. The summed E-state index contributed by atoms with van der Waals surface area (Å²) >= 11 is 0. The molecular weight excluding hydrogens is 314 g/mol. The zero-order valence-electron chi connectivity index (χ0n) is 13.9. The molecule has 1 aliphatic rings. The van der Waals surface area contributed by atoms with Crippen molar-refractivity contribution in [3.05, 3.63) is 35.4 Å². The molecule has 1 aliphatic heterocycles. The molecule has 0 spiro atoms. The topological polar surface area (TPSA) is 69.7 Å². The van der Waals surface area contributed by atoms with Crippen molar-refractivity contribution in [3.8, 4) is 0 Å². The summed E-state index contributed by atoms with van der Waals surface area (Å²) in [6.45, 7) is 3.21. The second kappa shape index (κ2) is 7.42. The summed E-state index contributed by atoms with van der Waals surface area (Å²) in [7, 11) is -0.431. The molecule has 0 bridgehead atoms. The minimum atomic E-state index is -3.45. The van der Waals surface area contributed by atoms with Gasteiger partial charge in [0.05, 0.1) is 5.92 Å². The third kappa shape index (κ3) is 4.53. The lowest BCUT2D eigenvalue weighted by molar-refractivity contribution is -0.126. The Labute approximate surface area is 138 Å². The summed E-state index contributed by atoms with van der Waals surface area (Å²) in [6.07, 6.45) is 1.43. The van der Waals surface area contributed by atoms with Gasteiger partial charge in [-0.3, -0.25) is 4.79 Å². The number of hydrogen-bond donors (Lipinski definition) is 1. The lowest BCUT2D eigenvalue weighted by Gasteiger charge is -2.32. The van der Waals surface area contributed by atoms with Crippen LogP contribution < -0.4 is 5.32 Å². The molecule has 1 amide bonds. The Balaban J connectivity index is 1.93. The maximum Gasteiger partial charge on any atom is 0.281 e. The highest BCUT2D eigenvalue weighted by Gasteiger charge is 2.33. The first kappa shape index (κ1) is 17.9. The van der Waals surface area contributed by atoms with Crippen molar-refractivity contribution in [2.45, 2.75) is 26.3 Å². The first-order valence-corrected chi connectivity index (χ1v) is 9.21. The number of amides is 1. The van der Waals surface area contributed by atoms with Gasteiger partial charge in [0.15, 0.2) is 0 Å². The zero-order chi connectivity index (χ0) is 17.0. The predicted molar refractivity (Wildman–Crippen MR) is 89.9 cm³/mol. The number of carbonyl (C=O) groups is 1. The van der Waals surface area contributed by atoms with Crippen LogP contribution in [0.5, 0.6) is 0 Å². The lowest BCUT2D eigenvalue weighted by Crippen LogP contribution is -2.48. The average molecular weight is 339 g/mol. The van der Waals surface area contributed by atoms with Gasteiger partial charge in [-0.1, -0.05) is 29.8 Å². The Morgan fingerprint density at radius 1 is 1.30 bits per heavy atom. The van der Waals surface area contributed by atoms with E-state index in [4.69, 9.17) is 0 Å². The molecule has 1 saturated heterocycles. The van der Waals surface area contributed by atoms with Crippen LogP contribution in [0, 0.1) is 12.8 Å². The molecule has 0 radical (unpaired) electrons. The van der Waals surface area contributed by atoms with Crippen LogP contribution in [0.2, 0.25) is 0 Å². The maximum absolute atomic E-state index is 12.3. The van der Waals surface area contributed by atoms with E-state index in [0.717, 1.165) is 12.0 Å². The highest BCUT2D eigenvalue weighted by atomic mass is 32.2. The van der Waals surface area contributed by atoms with Gasteiger partial charge < -0.3 is 5.32 Å². The zero-order valence-corrected chi connectivity index (χ0v) is 14.8. The standard InChI is InChI=1S/C16H25N3O3S/c1-13-6-8-14(9-7-13)11-17-16(20)15-5-4-10-19(12-15)23(21,22)18(2)3/h6-9,15H,4-5,10-12H2,1-3H3,(H,17,20)/t15-/m0/s1. The van der Waals surface area contributed by atoms with Crippen LogP contribution in [0.3, 0.4) is 0 Å². The van der Waals surface area contributed by atoms with Crippen molar-refractivity contribution in [1.82, 2.24) is 13.9 Å². The van der Waals surface area contributed by atoms with Crippen LogP contribution >= 0.6 is 0 Å². The number of carbonyl (C=O) groups excluding carboxylic acids is 1. The van der Waals surface area contributed by atoms with E-state index in [9.17, 15) is 13.2 Å². The summed E-state index contributed by atoms with van der Waals surface area (Å²) in [5.41, 5.74) is 2.22. The second-order valence-corrected chi connectivity index (χ2v) is 8.33. The molecule has 0 unspecified atom stereocenters. The van der Waals surface area contributed by atoms with Gasteiger partial charge in [-0.2, -0.15) is 17.0 Å². The SMILES string of the molecule is Cc1ccc(CNC(=O)[C@H]2CCCN(S(=O)(=O)N(C)C)C2)cc1. The third-order valence-electron chi connectivity index (χ3n) is 4.13. The maximum atomic E-state index is 12.3. The third-order valence-corrected chi connectivity index (χ3v) is 6.04. The Bertz CT molecular complexity index is 641. The fourth-order valence-electron chi connectivity index (χ4n) is 2.64. The van der Waals surface area contributed by atoms with E-state index in [0.29, 0.717) is 19.5 Å². The van der Waals surface area contributed by atoms with Crippen LogP contribution in [-0.2, 0) is 21.5 Å². The highest BCUT2D eigenvalue weighted by molar-refractivity contribution is 7.86. The predicted octanol–water partition coefficient (Wildman–Crippen LogP) is 1.13. The van der Waals surface area contributed by atoms with Crippen LogP contribution in [-0.4, -0.2) is 50.1 Å². The smallest absolute Gasteiger partial charge is 0.281 e. The Morgan fingerprint density at radius 3 is 2.57 bits per heavy atom. The van der Waals surface area contributed by atoms with Crippen molar-refractivity contribution in [2.24, 2.45) is 5.92 Å². The number of aryl methyl sites for hydroxylation is 1. The molecule has 1 aromatic carbocycles. The lowest BCUT2D eigenvalue weighted by atomic mass is 9.98. The summed E-state index contributed by atoms with van der Waals surface area (Å²) in [5, 5.41) is 2.92. The number of nitrogens with zero attached hydrogens (tertiary/aromatic N) is 2. The molecule has 7 heteroatoms. The number of hydrogen-bond acceptors (Lipinski definition) is 3. The summed E-state index contributed by atoms with van der Waals surface area (Å²) in [6, 6.07) is 7.99. The monoisotopic (exact) mass is 339 g/mol. The van der Waals surface area contributed by atoms with Crippen molar-refractivity contribution in [2.75, 3.05) is 27.2 Å². The first-order chi connectivity index (χ1) is 10.8. The van der Waals surface area contributed by atoms with Gasteiger partial charge >= 0.3 is 0 Å². The quantitative estimate of drug-likeness (QED) is 0.874. The Kier molecular flexibility index (Phi) is 5.78. The molecule has 1 heterocycles. The van der Waals surface area contributed by atoms with Crippen LogP contribution in [0.25, 0.3) is 0 Å². The van der Waals surface area contributed by atoms with Gasteiger partial charge in [-0.05, 0) is 25.3 Å². The molecule has 2 rings (SSSR count). The van der Waals surface area contributed by atoms with Gasteiger partial charge in [0.25, 0.3) is 10.2 Å². The molecule has 23 heavy (non-hydrogen) atoms. The first-order valence-electron chi connectivity index (χ1n) is 7.81. The Morgan fingerprint density at radius 2 is 1.96 bits per heavy atom. The summed E-state index contributed by atoms with van der Waals surface area (Å²) in [4.78, 5) is 12.3. The molecule has 0 saturated carbocycles. The van der Waals surface area contributed by atoms with Crippen molar-refractivity contribution >= 4 is 16.1 Å². The van der Waals surface area contributed by atoms with E-state index in [-0.39, 0.29) is 18.4 Å². The van der Waals surface area contributed by atoms with E-state index in [1.165, 1.54) is 28.3 Å². The Hall–Kier alpha value is -1.44. The van der Waals surface area contributed by atoms with E-state index < -0.39 is 10.2 Å². The largest absolute Gasteiger partial charge is 0.352 e. The van der Waals surface area contributed by atoms with Gasteiger partial charge in [0, 0.05) is 33.7 Å². The van der Waals surface area contributed by atoms with E-state index >= 15 is 0 Å². The van der Waals surface area contributed by atoms with E-state index in [1.807, 2.05) is 31.2 Å². The van der Waals surface area contributed by atoms with Gasteiger partial charge in [0.2, 0.25) is 5.91 Å². The highest BCUT2D eigenvalue weighted by Crippen LogP contribution is 2.20. The number of benzene rings is 1. The minimum Gasteiger partial charge on any atom is -0.352 e. The van der Waals surface area contributed by atoms with E-state index in [2.05, 4.69) is 5.32 Å². The molecule has 6 nitrogen and oxygen atoms in total. The fraction of sp³-hybridized carbons (Fsp3) is 0.562. The molecule has 1 fully saturated rings. The number of nitrogens with one attached hydrogen (secondary N) is 1. The molecule has 0 aliphatic carbocycles. The van der Waals surface area contributed by atoms with Crippen LogP contribution in [0.15, 0.2) is 24.3 Å². The molecule has 1 aromatic rings. The van der Waals surface area contributed by atoms with E-state index in [1.54, 1.807) is 0 Å². The van der Waals surface area contributed by atoms with Crippen LogP contribution in [0.1, 0.15) is 24.0 Å². The molecular formula is C16H25N3O3S. The summed E-state index contributed by atoms with van der Waals surface area (Å²) in [5.74, 6) is -0.367. The van der Waals surface area contributed by atoms with Gasteiger partial charge in [-0.15, -0.1) is 0 Å². The molecule has 0 aromatic heterocycles. The average Bonchev–Trinajstić information content (AvgIpc) is 2.54. The molecule has 1 atom stereocenters. The van der Waals surface area contributed by atoms with Crippen LogP contribution in [0.4, 0.5) is 0 Å². The summed E-state index contributed by atoms with van der Waals surface area (Å²) < 4.78 is 27.0. The van der Waals surface area contributed by atoms with Gasteiger partial charge in [0.1, 0.15) is 0 Å². The van der Waals surface area contributed by atoms with Gasteiger partial charge in [-0.25, -0.2) is 0 Å². The number of piperidine rings is 1. The van der Waals surface area contributed by atoms with Crippen molar-refractivity contribution in [1.29, 1.82) is 0 Å².